The minimum Gasteiger partial charge on any atom is -0.496 e. The third-order valence-corrected chi connectivity index (χ3v) is 6.67. The van der Waals surface area contributed by atoms with Gasteiger partial charge in [-0.15, -0.1) is 0 Å². The van der Waals surface area contributed by atoms with Gasteiger partial charge in [-0.1, -0.05) is 18.2 Å². The van der Waals surface area contributed by atoms with Crippen molar-refractivity contribution in [3.63, 3.8) is 0 Å². The van der Waals surface area contributed by atoms with E-state index in [-0.39, 0.29) is 11.6 Å². The number of hydrogen-bond donors (Lipinski definition) is 1. The van der Waals surface area contributed by atoms with Gasteiger partial charge in [0.05, 0.1) is 45.4 Å². The van der Waals surface area contributed by atoms with Crippen LogP contribution in [0, 0.1) is 5.82 Å². The van der Waals surface area contributed by atoms with Gasteiger partial charge in [0, 0.05) is 23.6 Å². The van der Waals surface area contributed by atoms with Crippen LogP contribution >= 0.6 is 0 Å². The molecule has 0 heterocycles. The Morgan fingerprint density at radius 3 is 2.05 bits per heavy atom. The summed E-state index contributed by atoms with van der Waals surface area (Å²) >= 11 is 0. The van der Waals surface area contributed by atoms with E-state index in [1.165, 1.54) is 77.0 Å². The number of methoxy groups -OCH3 is 4. The van der Waals surface area contributed by atoms with E-state index in [1.807, 2.05) is 0 Å². The van der Waals surface area contributed by atoms with Crippen molar-refractivity contribution in [1.82, 2.24) is 0 Å². The van der Waals surface area contributed by atoms with E-state index in [2.05, 4.69) is 5.32 Å². The van der Waals surface area contributed by atoms with Crippen molar-refractivity contribution in [2.45, 2.75) is 5.75 Å². The first-order valence-electron chi connectivity index (χ1n) is 11.3. The summed E-state index contributed by atoms with van der Waals surface area (Å²) in [4.78, 5) is 12.5. The molecule has 0 radical (unpaired) electrons. The van der Waals surface area contributed by atoms with Crippen molar-refractivity contribution >= 4 is 33.6 Å². The summed E-state index contributed by atoms with van der Waals surface area (Å²) in [5.41, 5.74) is 1.82. The summed E-state index contributed by atoms with van der Waals surface area (Å²) in [7, 11) is 2.13. The van der Waals surface area contributed by atoms with Crippen LogP contribution in [0.3, 0.4) is 0 Å². The van der Waals surface area contributed by atoms with Crippen LogP contribution in [-0.2, 0) is 20.4 Å². The molecule has 0 saturated carbocycles. The third-order valence-electron chi connectivity index (χ3n) is 5.38. The molecule has 0 aromatic heterocycles. The van der Waals surface area contributed by atoms with Crippen LogP contribution in [0.25, 0.3) is 12.2 Å². The molecular weight excluding hydrogens is 513 g/mol. The quantitative estimate of drug-likeness (QED) is 0.337. The summed E-state index contributed by atoms with van der Waals surface area (Å²) in [6, 6.07) is 13.6. The number of halogens is 1. The lowest BCUT2D eigenvalue weighted by molar-refractivity contribution is -0.111. The van der Waals surface area contributed by atoms with Crippen molar-refractivity contribution in [3.8, 4) is 23.0 Å². The molecule has 10 heteroatoms. The maximum Gasteiger partial charge on any atom is 0.248 e. The number of sulfone groups is 1. The molecule has 1 N–H and O–H groups in total. The van der Waals surface area contributed by atoms with Gasteiger partial charge in [0.25, 0.3) is 0 Å². The summed E-state index contributed by atoms with van der Waals surface area (Å²) in [5, 5.41) is 3.76. The Morgan fingerprint density at radius 1 is 0.842 bits per heavy atom. The van der Waals surface area contributed by atoms with Gasteiger partial charge in [-0.3, -0.25) is 4.79 Å². The molecule has 0 aliphatic heterocycles. The lowest BCUT2D eigenvalue weighted by Gasteiger charge is -2.13. The molecule has 0 aliphatic rings. The first kappa shape index (κ1) is 28.3. The number of carbonyl (C=O) groups is 1. The second kappa shape index (κ2) is 12.8. The van der Waals surface area contributed by atoms with E-state index >= 15 is 0 Å². The lowest BCUT2D eigenvalue weighted by atomic mass is 10.1. The van der Waals surface area contributed by atoms with Crippen molar-refractivity contribution in [3.05, 3.63) is 88.6 Å². The molecule has 38 heavy (non-hydrogen) atoms. The van der Waals surface area contributed by atoms with Gasteiger partial charge in [-0.25, -0.2) is 12.8 Å². The second-order valence-electron chi connectivity index (χ2n) is 7.96. The predicted molar refractivity (Wildman–Crippen MR) is 145 cm³/mol. The summed E-state index contributed by atoms with van der Waals surface area (Å²) in [6.07, 6.45) is 4.22. The zero-order valence-electron chi connectivity index (χ0n) is 21.4. The van der Waals surface area contributed by atoms with Gasteiger partial charge < -0.3 is 24.3 Å². The van der Waals surface area contributed by atoms with Gasteiger partial charge in [0.1, 0.15) is 28.8 Å². The van der Waals surface area contributed by atoms with E-state index in [0.29, 0.717) is 45.4 Å². The van der Waals surface area contributed by atoms with Crippen LogP contribution in [0.1, 0.15) is 16.7 Å². The average molecular weight is 542 g/mol. The molecule has 3 aromatic carbocycles. The Labute approximate surface area is 221 Å². The Morgan fingerprint density at radius 2 is 1.47 bits per heavy atom. The highest BCUT2D eigenvalue weighted by molar-refractivity contribution is 7.93. The average Bonchev–Trinajstić information content (AvgIpc) is 2.91. The van der Waals surface area contributed by atoms with Crippen molar-refractivity contribution in [2.75, 3.05) is 33.8 Å². The fraction of sp³-hybridized carbons (Fsp3) is 0.179. The van der Waals surface area contributed by atoms with E-state index < -0.39 is 15.7 Å². The van der Waals surface area contributed by atoms with E-state index in [9.17, 15) is 17.6 Å². The monoisotopic (exact) mass is 541 g/mol. The van der Waals surface area contributed by atoms with Gasteiger partial charge in [-0.2, -0.15) is 0 Å². The predicted octanol–water partition coefficient (Wildman–Crippen LogP) is 5.10. The van der Waals surface area contributed by atoms with Crippen LogP contribution in [0.5, 0.6) is 23.0 Å². The number of rotatable bonds is 11. The van der Waals surface area contributed by atoms with E-state index in [0.717, 1.165) is 5.41 Å². The lowest BCUT2D eigenvalue weighted by Crippen LogP contribution is -2.10. The highest BCUT2D eigenvalue weighted by Gasteiger charge is 2.15. The van der Waals surface area contributed by atoms with Crippen molar-refractivity contribution < 1.29 is 36.6 Å². The van der Waals surface area contributed by atoms with Gasteiger partial charge in [0.2, 0.25) is 5.91 Å². The molecule has 1 amide bonds. The van der Waals surface area contributed by atoms with Crippen molar-refractivity contribution in [1.29, 1.82) is 0 Å². The van der Waals surface area contributed by atoms with Gasteiger partial charge >= 0.3 is 0 Å². The molecule has 0 fully saturated rings. The number of amides is 1. The largest absolute Gasteiger partial charge is 0.496 e. The molecule has 0 aliphatic carbocycles. The summed E-state index contributed by atoms with van der Waals surface area (Å²) in [5.74, 6) is 0.456. The normalized spacial score (nSPS) is 11.5. The zero-order chi connectivity index (χ0) is 27.7. The van der Waals surface area contributed by atoms with Crippen LogP contribution in [-0.4, -0.2) is 42.8 Å². The minimum atomic E-state index is -3.73. The molecule has 0 spiro atoms. The molecule has 8 nitrogen and oxygen atoms in total. The molecule has 0 bridgehead atoms. The van der Waals surface area contributed by atoms with Crippen LogP contribution in [0.15, 0.2) is 66.1 Å². The molecular formula is C28H28FNO7S. The Bertz CT molecular complexity index is 1420. The first-order valence-corrected chi connectivity index (χ1v) is 13.0. The number of carbonyl (C=O) groups excluding carboxylic acids is 1. The molecule has 3 rings (SSSR count). The molecule has 3 aromatic rings. The van der Waals surface area contributed by atoms with Crippen LogP contribution in [0.4, 0.5) is 10.1 Å². The summed E-state index contributed by atoms with van der Waals surface area (Å²) < 4.78 is 60.1. The number of ether oxygens (including phenoxy) is 4. The standard InChI is InChI=1S/C28H28FNO7S/c1-34-22-16-26(36-3)23(27(17-22)37-4)13-14-38(32,33)18-20-7-11-25(35-2)24(15-20)30-28(31)12-8-19-5-9-21(29)10-6-19/h5-17H,18H2,1-4H3,(H,30,31). The molecule has 200 valence electrons. The third kappa shape index (κ3) is 7.59. The van der Waals surface area contributed by atoms with Gasteiger partial charge in [0.15, 0.2) is 9.84 Å². The maximum atomic E-state index is 13.1. The molecule has 0 saturated heterocycles. The number of nitrogens with one attached hydrogen (secondary N) is 1. The Hall–Kier alpha value is -4.31. The maximum absolute atomic E-state index is 13.1. The highest BCUT2D eigenvalue weighted by Crippen LogP contribution is 2.35. The Kier molecular flexibility index (Phi) is 9.50. The minimum absolute atomic E-state index is 0.302. The van der Waals surface area contributed by atoms with Crippen LogP contribution < -0.4 is 24.3 Å². The smallest absolute Gasteiger partial charge is 0.248 e. The first-order chi connectivity index (χ1) is 18.2. The summed E-state index contributed by atoms with van der Waals surface area (Å²) in [6.45, 7) is 0. The Balaban J connectivity index is 1.79. The van der Waals surface area contributed by atoms with Gasteiger partial charge in [-0.05, 0) is 47.5 Å². The zero-order valence-corrected chi connectivity index (χ0v) is 22.2. The second-order valence-corrected chi connectivity index (χ2v) is 9.85. The fourth-order valence-corrected chi connectivity index (χ4v) is 4.60. The van der Waals surface area contributed by atoms with E-state index in [1.54, 1.807) is 24.3 Å². The number of anilines is 1. The SMILES string of the molecule is COc1cc(OC)c(C=CS(=O)(=O)Cc2ccc(OC)c(NC(=O)C=Cc3ccc(F)cc3)c2)c(OC)c1. The topological polar surface area (TPSA) is 100 Å². The molecule has 0 unspecified atom stereocenters. The van der Waals surface area contributed by atoms with Crippen LogP contribution in [0.2, 0.25) is 0 Å². The number of benzene rings is 3. The number of hydrogen-bond acceptors (Lipinski definition) is 7. The van der Waals surface area contributed by atoms with E-state index in [4.69, 9.17) is 18.9 Å². The highest BCUT2D eigenvalue weighted by atomic mass is 32.2. The fourth-order valence-electron chi connectivity index (χ4n) is 3.51. The molecule has 0 atom stereocenters. The van der Waals surface area contributed by atoms with Crippen molar-refractivity contribution in [2.24, 2.45) is 0 Å².